The second-order valence-electron chi connectivity index (χ2n) is 8.31. The molecule has 0 bridgehead atoms. The number of hydrogen-bond acceptors (Lipinski definition) is 6. The van der Waals surface area contributed by atoms with Crippen molar-refractivity contribution in [3.8, 4) is 11.3 Å². The number of para-hydroxylation sites is 1. The highest BCUT2D eigenvalue weighted by molar-refractivity contribution is 6.06. The number of nitro benzene ring substituents is 1. The second-order valence-corrected chi connectivity index (χ2v) is 8.31. The van der Waals surface area contributed by atoms with Gasteiger partial charge >= 0.3 is 0 Å². The molecule has 1 aromatic heterocycles. The number of furan rings is 1. The Bertz CT molecular complexity index is 1340. The SMILES string of the molecule is O=C(Nc1ccccc1-c1cc2ccc(CN3CCNCC3)cc2o1)c1ccc([N+](=O)[O-])cc1. The summed E-state index contributed by atoms with van der Waals surface area (Å²) in [4.78, 5) is 25.6. The van der Waals surface area contributed by atoms with E-state index in [1.807, 2.05) is 30.3 Å². The Morgan fingerprint density at radius 1 is 1.03 bits per heavy atom. The number of fused-ring (bicyclic) bond motifs is 1. The number of hydrogen-bond donors (Lipinski definition) is 2. The lowest BCUT2D eigenvalue weighted by Crippen LogP contribution is -2.42. The minimum absolute atomic E-state index is 0.0597. The number of anilines is 1. The van der Waals surface area contributed by atoms with Crippen molar-refractivity contribution in [1.82, 2.24) is 10.2 Å². The van der Waals surface area contributed by atoms with Crippen LogP contribution in [-0.2, 0) is 6.54 Å². The summed E-state index contributed by atoms with van der Waals surface area (Å²) in [6.45, 7) is 4.97. The number of nitrogens with one attached hydrogen (secondary N) is 2. The van der Waals surface area contributed by atoms with E-state index in [9.17, 15) is 14.9 Å². The molecule has 1 aliphatic rings. The van der Waals surface area contributed by atoms with E-state index in [1.165, 1.54) is 29.8 Å². The van der Waals surface area contributed by atoms with Crippen LogP contribution in [0.2, 0.25) is 0 Å². The van der Waals surface area contributed by atoms with Crippen molar-refractivity contribution in [1.29, 1.82) is 0 Å². The van der Waals surface area contributed by atoms with Gasteiger partial charge in [-0.1, -0.05) is 24.3 Å². The molecule has 0 aliphatic carbocycles. The number of nitro groups is 1. The van der Waals surface area contributed by atoms with Crippen LogP contribution in [0, 0.1) is 10.1 Å². The van der Waals surface area contributed by atoms with E-state index < -0.39 is 4.92 Å². The number of nitrogens with zero attached hydrogens (tertiary/aromatic N) is 2. The Morgan fingerprint density at radius 3 is 2.56 bits per heavy atom. The molecule has 0 atom stereocenters. The van der Waals surface area contributed by atoms with Crippen molar-refractivity contribution in [3.05, 3.63) is 94.0 Å². The Labute approximate surface area is 196 Å². The van der Waals surface area contributed by atoms with Crippen LogP contribution in [0.5, 0.6) is 0 Å². The van der Waals surface area contributed by atoms with Gasteiger partial charge in [-0.25, -0.2) is 0 Å². The van der Waals surface area contributed by atoms with E-state index in [4.69, 9.17) is 4.42 Å². The Balaban J connectivity index is 1.38. The molecule has 0 saturated carbocycles. The molecular weight excluding hydrogens is 432 g/mol. The third-order valence-corrected chi connectivity index (χ3v) is 5.98. The molecule has 2 N–H and O–H groups in total. The first-order valence-electron chi connectivity index (χ1n) is 11.2. The van der Waals surface area contributed by atoms with Gasteiger partial charge in [0.2, 0.25) is 0 Å². The summed E-state index contributed by atoms with van der Waals surface area (Å²) >= 11 is 0. The van der Waals surface area contributed by atoms with E-state index in [0.717, 1.165) is 49.3 Å². The van der Waals surface area contributed by atoms with Gasteiger partial charge in [0.05, 0.1) is 10.6 Å². The standard InChI is InChI=1S/C26H24N4O4/c31-26(19-7-9-21(10-8-19)30(32)33)28-23-4-2-1-3-22(23)25-16-20-6-5-18(15-24(20)34-25)17-29-13-11-27-12-14-29/h1-10,15-16,27H,11-14,17H2,(H,28,31). The molecule has 172 valence electrons. The van der Waals surface area contributed by atoms with Gasteiger partial charge in [0, 0.05) is 61.4 Å². The maximum absolute atomic E-state index is 12.8. The summed E-state index contributed by atoms with van der Waals surface area (Å²) in [7, 11) is 0. The monoisotopic (exact) mass is 456 g/mol. The molecule has 4 aromatic rings. The van der Waals surface area contributed by atoms with Crippen LogP contribution >= 0.6 is 0 Å². The highest BCUT2D eigenvalue weighted by Gasteiger charge is 2.16. The van der Waals surface area contributed by atoms with Gasteiger partial charge in [-0.2, -0.15) is 0 Å². The van der Waals surface area contributed by atoms with Gasteiger partial charge in [-0.3, -0.25) is 19.8 Å². The molecule has 1 saturated heterocycles. The van der Waals surface area contributed by atoms with E-state index in [0.29, 0.717) is 17.0 Å². The van der Waals surface area contributed by atoms with Crippen molar-refractivity contribution in [2.75, 3.05) is 31.5 Å². The third kappa shape index (κ3) is 4.68. The summed E-state index contributed by atoms with van der Waals surface area (Å²) in [6, 6.07) is 21.2. The number of amides is 1. The minimum Gasteiger partial charge on any atom is -0.456 e. The van der Waals surface area contributed by atoms with Gasteiger partial charge < -0.3 is 15.1 Å². The summed E-state index contributed by atoms with van der Waals surface area (Å²) in [6.07, 6.45) is 0. The number of rotatable bonds is 6. The van der Waals surface area contributed by atoms with Gasteiger partial charge in [0.1, 0.15) is 11.3 Å². The number of benzene rings is 3. The predicted octanol–water partition coefficient (Wildman–Crippen LogP) is 4.67. The van der Waals surface area contributed by atoms with Crippen LogP contribution in [0.3, 0.4) is 0 Å². The molecular formula is C26H24N4O4. The Morgan fingerprint density at radius 2 is 1.79 bits per heavy atom. The summed E-state index contributed by atoms with van der Waals surface area (Å²) < 4.78 is 6.20. The number of non-ortho nitro benzene ring substituents is 1. The number of carbonyl (C=O) groups excluding carboxylic acids is 1. The van der Waals surface area contributed by atoms with Gasteiger partial charge in [-0.05, 0) is 42.0 Å². The van der Waals surface area contributed by atoms with E-state index in [-0.39, 0.29) is 11.6 Å². The van der Waals surface area contributed by atoms with Crippen molar-refractivity contribution in [2.45, 2.75) is 6.54 Å². The maximum Gasteiger partial charge on any atom is 0.269 e. The molecule has 34 heavy (non-hydrogen) atoms. The molecule has 0 spiro atoms. The zero-order valence-corrected chi connectivity index (χ0v) is 18.5. The average molecular weight is 457 g/mol. The summed E-state index contributed by atoms with van der Waals surface area (Å²) in [5.74, 6) is 0.311. The van der Waals surface area contributed by atoms with Crippen molar-refractivity contribution < 1.29 is 14.1 Å². The summed E-state index contributed by atoms with van der Waals surface area (Å²) in [5.41, 5.74) is 3.65. The lowest BCUT2D eigenvalue weighted by atomic mass is 10.1. The van der Waals surface area contributed by atoms with Crippen LogP contribution in [-0.4, -0.2) is 41.9 Å². The lowest BCUT2D eigenvalue weighted by molar-refractivity contribution is -0.384. The first-order valence-corrected chi connectivity index (χ1v) is 11.2. The zero-order chi connectivity index (χ0) is 23.5. The fourth-order valence-electron chi connectivity index (χ4n) is 4.17. The number of piperazine rings is 1. The summed E-state index contributed by atoms with van der Waals surface area (Å²) in [5, 5.41) is 18.1. The van der Waals surface area contributed by atoms with Crippen molar-refractivity contribution >= 4 is 28.3 Å². The molecule has 1 amide bonds. The maximum atomic E-state index is 12.8. The molecule has 1 fully saturated rings. The van der Waals surface area contributed by atoms with Crippen LogP contribution in [0.1, 0.15) is 15.9 Å². The second kappa shape index (κ2) is 9.46. The molecule has 0 unspecified atom stereocenters. The van der Waals surface area contributed by atoms with Crippen LogP contribution in [0.25, 0.3) is 22.3 Å². The predicted molar refractivity (Wildman–Crippen MR) is 131 cm³/mol. The van der Waals surface area contributed by atoms with Gasteiger partial charge in [-0.15, -0.1) is 0 Å². The quantitative estimate of drug-likeness (QED) is 0.323. The van der Waals surface area contributed by atoms with Crippen molar-refractivity contribution in [3.63, 3.8) is 0 Å². The van der Waals surface area contributed by atoms with E-state index in [1.54, 1.807) is 0 Å². The van der Waals surface area contributed by atoms with Crippen molar-refractivity contribution in [2.24, 2.45) is 0 Å². The molecule has 2 heterocycles. The van der Waals surface area contributed by atoms with Crippen LogP contribution in [0.15, 0.2) is 77.2 Å². The minimum atomic E-state index is -0.492. The third-order valence-electron chi connectivity index (χ3n) is 5.98. The number of carbonyl (C=O) groups is 1. The molecule has 5 rings (SSSR count). The Hall–Kier alpha value is -4.01. The smallest absolute Gasteiger partial charge is 0.269 e. The fourth-order valence-corrected chi connectivity index (χ4v) is 4.17. The highest BCUT2D eigenvalue weighted by atomic mass is 16.6. The topological polar surface area (TPSA) is 101 Å². The molecule has 3 aromatic carbocycles. The Kier molecular flexibility index (Phi) is 6.07. The van der Waals surface area contributed by atoms with E-state index >= 15 is 0 Å². The first kappa shape index (κ1) is 21.8. The van der Waals surface area contributed by atoms with Gasteiger partial charge in [0.25, 0.3) is 11.6 Å². The lowest BCUT2D eigenvalue weighted by Gasteiger charge is -2.27. The van der Waals surface area contributed by atoms with Crippen LogP contribution < -0.4 is 10.6 Å². The average Bonchev–Trinajstić information content (AvgIpc) is 3.28. The highest BCUT2D eigenvalue weighted by Crippen LogP contribution is 2.33. The molecule has 8 heteroatoms. The van der Waals surface area contributed by atoms with Crippen LogP contribution in [0.4, 0.5) is 11.4 Å². The zero-order valence-electron chi connectivity index (χ0n) is 18.5. The molecule has 0 radical (unpaired) electrons. The van der Waals surface area contributed by atoms with E-state index in [2.05, 4.69) is 33.7 Å². The fraction of sp³-hybridized carbons (Fsp3) is 0.192. The van der Waals surface area contributed by atoms with Gasteiger partial charge in [0.15, 0.2) is 0 Å². The molecule has 1 aliphatic heterocycles. The first-order chi connectivity index (χ1) is 16.6. The normalized spacial score (nSPS) is 14.2. The molecule has 8 nitrogen and oxygen atoms in total. The largest absolute Gasteiger partial charge is 0.456 e.